The summed E-state index contributed by atoms with van der Waals surface area (Å²) in [5.41, 5.74) is 0. The zero-order chi connectivity index (χ0) is 9.68. The molecular formula is C11H20O2. The molecule has 0 heterocycles. The molecular weight excluding hydrogens is 164 g/mol. The van der Waals surface area contributed by atoms with Crippen LogP contribution in [0.5, 0.6) is 0 Å². The number of rotatable bonds is 3. The van der Waals surface area contributed by atoms with E-state index in [9.17, 15) is 4.79 Å². The van der Waals surface area contributed by atoms with Crippen LogP contribution >= 0.6 is 0 Å². The van der Waals surface area contributed by atoms with Crippen LogP contribution in [0.25, 0.3) is 0 Å². The molecule has 1 rings (SSSR count). The Labute approximate surface area is 80.7 Å². The summed E-state index contributed by atoms with van der Waals surface area (Å²) in [6.07, 6.45) is 5.79. The minimum absolute atomic E-state index is 0.0284. The molecule has 0 bridgehead atoms. The van der Waals surface area contributed by atoms with E-state index in [-0.39, 0.29) is 11.9 Å². The number of hydrogen-bond donors (Lipinski definition) is 0. The summed E-state index contributed by atoms with van der Waals surface area (Å²) >= 11 is 0. The molecule has 0 amide bonds. The van der Waals surface area contributed by atoms with Gasteiger partial charge in [0.1, 0.15) is 0 Å². The van der Waals surface area contributed by atoms with E-state index in [0.29, 0.717) is 6.61 Å². The van der Waals surface area contributed by atoms with Crippen LogP contribution in [0.1, 0.15) is 46.0 Å². The normalized spacial score (nSPS) is 28.5. The van der Waals surface area contributed by atoms with Gasteiger partial charge in [-0.05, 0) is 25.7 Å². The zero-order valence-electron chi connectivity index (χ0n) is 8.71. The van der Waals surface area contributed by atoms with E-state index in [4.69, 9.17) is 4.74 Å². The lowest BCUT2D eigenvalue weighted by Crippen LogP contribution is -2.24. The quantitative estimate of drug-likeness (QED) is 0.630. The highest BCUT2D eigenvalue weighted by atomic mass is 16.5. The summed E-state index contributed by atoms with van der Waals surface area (Å²) in [5.74, 6) is 0.974. The minimum atomic E-state index is 0.0284. The lowest BCUT2D eigenvalue weighted by atomic mass is 9.80. The molecule has 76 valence electrons. The molecule has 1 aliphatic carbocycles. The molecule has 1 aliphatic rings. The number of carbonyl (C=O) groups excluding carboxylic acids is 1. The van der Waals surface area contributed by atoms with Crippen molar-refractivity contribution in [3.63, 3.8) is 0 Å². The third-order valence-electron chi connectivity index (χ3n) is 2.98. The fraction of sp³-hybridized carbons (Fsp3) is 0.909. The lowest BCUT2D eigenvalue weighted by molar-refractivity contribution is -0.149. The highest BCUT2D eigenvalue weighted by Crippen LogP contribution is 2.31. The molecule has 0 N–H and O–H groups in total. The molecule has 0 aliphatic heterocycles. The first-order chi connectivity index (χ1) is 6.27. The molecule has 13 heavy (non-hydrogen) atoms. The van der Waals surface area contributed by atoms with Crippen LogP contribution in [-0.2, 0) is 9.53 Å². The monoisotopic (exact) mass is 184 g/mol. The highest BCUT2D eigenvalue weighted by Gasteiger charge is 2.26. The van der Waals surface area contributed by atoms with Crippen LogP contribution in [0.4, 0.5) is 0 Å². The summed E-state index contributed by atoms with van der Waals surface area (Å²) in [4.78, 5) is 11.4. The van der Waals surface area contributed by atoms with Gasteiger partial charge in [-0.1, -0.05) is 26.2 Å². The molecule has 1 saturated carbocycles. The van der Waals surface area contributed by atoms with Crippen molar-refractivity contribution in [2.45, 2.75) is 46.0 Å². The molecule has 0 radical (unpaired) electrons. The van der Waals surface area contributed by atoms with Crippen molar-refractivity contribution >= 4 is 5.97 Å². The van der Waals surface area contributed by atoms with Crippen LogP contribution in [0.2, 0.25) is 0 Å². The Morgan fingerprint density at radius 3 is 2.77 bits per heavy atom. The zero-order valence-corrected chi connectivity index (χ0v) is 8.71. The molecule has 2 heteroatoms. The van der Waals surface area contributed by atoms with Gasteiger partial charge in [0.05, 0.1) is 12.5 Å². The number of esters is 1. The van der Waals surface area contributed by atoms with E-state index in [1.165, 1.54) is 19.3 Å². The van der Waals surface area contributed by atoms with Gasteiger partial charge in [-0.2, -0.15) is 0 Å². The van der Waals surface area contributed by atoms with Crippen LogP contribution in [0.3, 0.4) is 0 Å². The summed E-state index contributed by atoms with van der Waals surface area (Å²) in [6.45, 7) is 4.60. The first kappa shape index (κ1) is 10.6. The summed E-state index contributed by atoms with van der Waals surface area (Å²) < 4.78 is 5.04. The van der Waals surface area contributed by atoms with Gasteiger partial charge >= 0.3 is 5.97 Å². The molecule has 2 nitrogen and oxygen atoms in total. The van der Waals surface area contributed by atoms with Gasteiger partial charge in [0.2, 0.25) is 0 Å². The van der Waals surface area contributed by atoms with Crippen molar-refractivity contribution in [2.24, 2.45) is 11.8 Å². The third kappa shape index (κ3) is 3.02. The molecule has 2 atom stereocenters. The van der Waals surface area contributed by atoms with Gasteiger partial charge < -0.3 is 4.74 Å². The lowest BCUT2D eigenvalue weighted by Gasteiger charge is -2.26. The van der Waals surface area contributed by atoms with Gasteiger partial charge in [-0.15, -0.1) is 0 Å². The maximum absolute atomic E-state index is 11.4. The fourth-order valence-corrected chi connectivity index (χ4v) is 2.14. The van der Waals surface area contributed by atoms with E-state index >= 15 is 0 Å². The number of ether oxygens (including phenoxy) is 1. The van der Waals surface area contributed by atoms with Crippen molar-refractivity contribution in [2.75, 3.05) is 6.61 Å². The average Bonchev–Trinajstić information content (AvgIpc) is 2.18. The highest BCUT2D eigenvalue weighted by molar-refractivity contribution is 5.72. The van der Waals surface area contributed by atoms with Crippen LogP contribution < -0.4 is 0 Å². The van der Waals surface area contributed by atoms with Gasteiger partial charge in [0.25, 0.3) is 0 Å². The predicted octanol–water partition coefficient (Wildman–Crippen LogP) is 2.77. The van der Waals surface area contributed by atoms with Crippen LogP contribution in [0, 0.1) is 11.8 Å². The van der Waals surface area contributed by atoms with Crippen LogP contribution in [0.15, 0.2) is 0 Å². The van der Waals surface area contributed by atoms with E-state index in [1.54, 1.807) is 0 Å². The van der Waals surface area contributed by atoms with Crippen LogP contribution in [-0.4, -0.2) is 12.6 Å². The molecule has 0 aromatic carbocycles. The number of carbonyl (C=O) groups is 1. The molecule has 0 spiro atoms. The Morgan fingerprint density at radius 1 is 1.38 bits per heavy atom. The van der Waals surface area contributed by atoms with Crippen molar-refractivity contribution in [3.05, 3.63) is 0 Å². The van der Waals surface area contributed by atoms with Crippen molar-refractivity contribution in [1.82, 2.24) is 0 Å². The average molecular weight is 184 g/mol. The maximum atomic E-state index is 11.4. The SMILES string of the molecule is CCOC(=O)C1CCCC(CC)C1. The maximum Gasteiger partial charge on any atom is 0.308 e. The van der Waals surface area contributed by atoms with Crippen molar-refractivity contribution in [3.8, 4) is 0 Å². The summed E-state index contributed by atoms with van der Waals surface area (Å²) in [5, 5.41) is 0. The minimum Gasteiger partial charge on any atom is -0.466 e. The third-order valence-corrected chi connectivity index (χ3v) is 2.98. The second-order valence-electron chi connectivity index (χ2n) is 3.89. The molecule has 0 saturated heterocycles. The second-order valence-corrected chi connectivity index (χ2v) is 3.89. The Morgan fingerprint density at radius 2 is 2.15 bits per heavy atom. The molecule has 2 unspecified atom stereocenters. The standard InChI is InChI=1S/C11H20O2/c1-3-9-6-5-7-10(8-9)11(12)13-4-2/h9-10H,3-8H2,1-2H3. The van der Waals surface area contributed by atoms with E-state index in [0.717, 1.165) is 18.8 Å². The molecule has 1 fully saturated rings. The van der Waals surface area contributed by atoms with Gasteiger partial charge in [0.15, 0.2) is 0 Å². The summed E-state index contributed by atoms with van der Waals surface area (Å²) in [6, 6.07) is 0. The summed E-state index contributed by atoms with van der Waals surface area (Å²) in [7, 11) is 0. The topological polar surface area (TPSA) is 26.3 Å². The van der Waals surface area contributed by atoms with Gasteiger partial charge in [-0.25, -0.2) is 0 Å². The van der Waals surface area contributed by atoms with Gasteiger partial charge in [-0.3, -0.25) is 4.79 Å². The van der Waals surface area contributed by atoms with E-state index in [2.05, 4.69) is 6.92 Å². The van der Waals surface area contributed by atoms with Gasteiger partial charge in [0, 0.05) is 0 Å². The predicted molar refractivity (Wildman–Crippen MR) is 52.4 cm³/mol. The Balaban J connectivity index is 2.37. The first-order valence-electron chi connectivity index (χ1n) is 5.44. The van der Waals surface area contributed by atoms with E-state index < -0.39 is 0 Å². The first-order valence-corrected chi connectivity index (χ1v) is 5.44. The molecule has 0 aromatic rings. The van der Waals surface area contributed by atoms with Crippen molar-refractivity contribution in [1.29, 1.82) is 0 Å². The fourth-order valence-electron chi connectivity index (χ4n) is 2.14. The Bertz CT molecular complexity index is 165. The smallest absolute Gasteiger partial charge is 0.308 e. The van der Waals surface area contributed by atoms with Crippen molar-refractivity contribution < 1.29 is 9.53 Å². The second kappa shape index (κ2) is 5.25. The Hall–Kier alpha value is -0.530. The Kier molecular flexibility index (Phi) is 4.26. The molecule has 0 aromatic heterocycles. The van der Waals surface area contributed by atoms with E-state index in [1.807, 2.05) is 6.92 Å². The number of hydrogen-bond acceptors (Lipinski definition) is 2. The largest absolute Gasteiger partial charge is 0.466 e.